The van der Waals surface area contributed by atoms with Crippen molar-refractivity contribution in [2.75, 3.05) is 13.7 Å². The molecule has 3 rings (SSSR count). The first kappa shape index (κ1) is 23.8. The van der Waals surface area contributed by atoms with E-state index in [2.05, 4.69) is 9.97 Å². The number of ether oxygens (including phenoxy) is 3. The van der Waals surface area contributed by atoms with E-state index in [4.69, 9.17) is 14.2 Å². The summed E-state index contributed by atoms with van der Waals surface area (Å²) in [5, 5.41) is 49.1. The van der Waals surface area contributed by atoms with Crippen molar-refractivity contribution in [2.24, 2.45) is 0 Å². The Balaban J connectivity index is 2.01. The summed E-state index contributed by atoms with van der Waals surface area (Å²) in [7, 11) is 1.33. The Morgan fingerprint density at radius 1 is 1.06 bits per heavy atom. The fourth-order valence-electron chi connectivity index (χ4n) is 3.19. The first-order chi connectivity index (χ1) is 15.2. The van der Waals surface area contributed by atoms with Crippen molar-refractivity contribution in [3.05, 3.63) is 41.2 Å². The molecule has 1 aliphatic heterocycles. The number of hydrogen-bond acceptors (Lipinski definition) is 11. The van der Waals surface area contributed by atoms with E-state index < -0.39 is 43.1 Å². The molecule has 0 saturated carbocycles. The summed E-state index contributed by atoms with van der Waals surface area (Å²) >= 11 is 0. The van der Waals surface area contributed by atoms with E-state index in [9.17, 15) is 30.3 Å². The highest BCUT2D eigenvalue weighted by atomic mass is 16.7. The molecule has 1 aromatic heterocycles. The molecule has 1 fully saturated rings. The number of aliphatic hydroxyl groups is 4. The predicted octanol–water partition coefficient (Wildman–Crippen LogP) is -0.276. The van der Waals surface area contributed by atoms with Crippen LogP contribution >= 0.6 is 0 Å². The fourth-order valence-corrected chi connectivity index (χ4v) is 3.19. The molecule has 11 heteroatoms. The van der Waals surface area contributed by atoms with Crippen LogP contribution in [0.3, 0.4) is 0 Å². The zero-order valence-electron chi connectivity index (χ0n) is 17.7. The minimum atomic E-state index is -1.66. The summed E-state index contributed by atoms with van der Waals surface area (Å²) in [6.07, 6.45) is -7.52. The van der Waals surface area contributed by atoms with Gasteiger partial charge in [0.05, 0.1) is 13.7 Å². The van der Waals surface area contributed by atoms with Gasteiger partial charge in [-0.15, -0.1) is 0 Å². The average Bonchev–Trinajstić information content (AvgIpc) is 2.78. The van der Waals surface area contributed by atoms with Gasteiger partial charge in [-0.1, -0.05) is 13.8 Å². The first-order valence-electron chi connectivity index (χ1n) is 9.94. The molecule has 0 radical (unpaired) electrons. The van der Waals surface area contributed by atoms with E-state index in [0.717, 1.165) is 0 Å². The molecule has 1 saturated heterocycles. The Kier molecular flexibility index (Phi) is 7.26. The topological polar surface area (TPSA) is 172 Å². The highest BCUT2D eigenvalue weighted by Crippen LogP contribution is 2.31. The molecule has 0 aliphatic carbocycles. The summed E-state index contributed by atoms with van der Waals surface area (Å²) in [4.78, 5) is 21.6. The SMILES string of the molecule is COc1nc(C(C)C)c(O[C@@H]2O[C@H](CO)[C@@H](O)[C@H](O)[C@H]2O)nc1C(=O)c1ccc(O)cc1. The third kappa shape index (κ3) is 4.66. The maximum Gasteiger partial charge on any atom is 0.244 e. The number of methoxy groups -OCH3 is 1. The van der Waals surface area contributed by atoms with Crippen LogP contribution in [-0.2, 0) is 4.74 Å². The van der Waals surface area contributed by atoms with Crippen LogP contribution in [0.2, 0.25) is 0 Å². The maximum atomic E-state index is 13.0. The number of hydrogen-bond donors (Lipinski definition) is 5. The Hall–Kier alpha value is -2.83. The van der Waals surface area contributed by atoms with Gasteiger partial charge in [0.15, 0.2) is 5.69 Å². The minimum Gasteiger partial charge on any atom is -0.508 e. The monoisotopic (exact) mass is 450 g/mol. The molecule has 2 aromatic rings. The number of aliphatic hydroxyl groups excluding tert-OH is 4. The lowest BCUT2D eigenvalue weighted by molar-refractivity contribution is -0.278. The number of phenolic OH excluding ortho intramolecular Hbond substituents is 1. The molecule has 0 spiro atoms. The van der Waals surface area contributed by atoms with E-state index in [0.29, 0.717) is 5.69 Å². The molecule has 0 bridgehead atoms. The van der Waals surface area contributed by atoms with E-state index in [1.165, 1.54) is 31.4 Å². The summed E-state index contributed by atoms with van der Waals surface area (Å²) < 4.78 is 16.3. The second kappa shape index (κ2) is 9.76. The quantitative estimate of drug-likeness (QED) is 0.351. The third-order valence-electron chi connectivity index (χ3n) is 5.02. The molecular formula is C21H26N2O9. The zero-order valence-corrected chi connectivity index (χ0v) is 17.7. The van der Waals surface area contributed by atoms with Gasteiger partial charge in [-0.25, -0.2) is 9.97 Å². The molecule has 174 valence electrons. The first-order valence-corrected chi connectivity index (χ1v) is 9.94. The molecule has 32 heavy (non-hydrogen) atoms. The van der Waals surface area contributed by atoms with Gasteiger partial charge < -0.3 is 39.7 Å². The Morgan fingerprint density at radius 3 is 2.28 bits per heavy atom. The zero-order chi connectivity index (χ0) is 23.6. The van der Waals surface area contributed by atoms with Crippen molar-refractivity contribution in [3.8, 4) is 17.5 Å². The largest absolute Gasteiger partial charge is 0.508 e. The van der Waals surface area contributed by atoms with Gasteiger partial charge in [0.2, 0.25) is 23.8 Å². The number of benzene rings is 1. The molecule has 11 nitrogen and oxygen atoms in total. The number of carbonyl (C=O) groups excluding carboxylic acids is 1. The molecule has 0 amide bonds. The second-order valence-electron chi connectivity index (χ2n) is 7.62. The van der Waals surface area contributed by atoms with Gasteiger partial charge in [0, 0.05) is 11.5 Å². The van der Waals surface area contributed by atoms with E-state index in [1.54, 1.807) is 13.8 Å². The maximum absolute atomic E-state index is 13.0. The Labute approximate surface area is 183 Å². The van der Waals surface area contributed by atoms with Crippen LogP contribution in [0.4, 0.5) is 0 Å². The number of phenols is 1. The van der Waals surface area contributed by atoms with Crippen molar-refractivity contribution in [1.29, 1.82) is 0 Å². The Bertz CT molecular complexity index is 949. The van der Waals surface area contributed by atoms with Crippen LogP contribution in [0.25, 0.3) is 0 Å². The standard InChI is InChI=1S/C21H26N2O9/c1-9(2)13-20(32-21-18(29)17(28)16(27)12(8-24)31-21)23-14(19(22-13)30-3)15(26)10-4-6-11(25)7-5-10/h4-7,9,12,16-18,21,24-25,27-29H,8H2,1-3H3/t12-,16-,17+,18-,21+/m1/s1. The van der Waals surface area contributed by atoms with E-state index in [1.807, 2.05) is 0 Å². The average molecular weight is 450 g/mol. The summed E-state index contributed by atoms with van der Waals surface area (Å²) in [5.74, 6) is -1.00. The second-order valence-corrected chi connectivity index (χ2v) is 7.62. The number of rotatable bonds is 7. The van der Waals surface area contributed by atoms with Crippen LogP contribution < -0.4 is 9.47 Å². The lowest BCUT2D eigenvalue weighted by atomic mass is 9.99. The van der Waals surface area contributed by atoms with Gasteiger partial charge in [-0.2, -0.15) is 0 Å². The van der Waals surface area contributed by atoms with E-state index >= 15 is 0 Å². The highest BCUT2D eigenvalue weighted by molar-refractivity contribution is 6.09. The van der Waals surface area contributed by atoms with Gasteiger partial charge in [-0.05, 0) is 24.3 Å². The van der Waals surface area contributed by atoms with Crippen LogP contribution in [0.1, 0.15) is 41.5 Å². The van der Waals surface area contributed by atoms with Gasteiger partial charge in [0.25, 0.3) is 0 Å². The van der Waals surface area contributed by atoms with Crippen molar-refractivity contribution in [3.63, 3.8) is 0 Å². The molecule has 2 heterocycles. The van der Waals surface area contributed by atoms with Gasteiger partial charge in [0.1, 0.15) is 35.9 Å². The lowest BCUT2D eigenvalue weighted by Gasteiger charge is -2.39. The van der Waals surface area contributed by atoms with Crippen molar-refractivity contribution in [2.45, 2.75) is 50.5 Å². The van der Waals surface area contributed by atoms with Crippen molar-refractivity contribution >= 4 is 5.78 Å². The predicted molar refractivity (Wildman–Crippen MR) is 109 cm³/mol. The van der Waals surface area contributed by atoms with Gasteiger partial charge >= 0.3 is 0 Å². The lowest BCUT2D eigenvalue weighted by Crippen LogP contribution is -2.60. The van der Waals surface area contributed by atoms with Crippen LogP contribution in [0, 0.1) is 0 Å². The normalized spacial score (nSPS) is 25.6. The molecular weight excluding hydrogens is 424 g/mol. The fraction of sp³-hybridized carbons (Fsp3) is 0.476. The Morgan fingerprint density at radius 2 is 1.72 bits per heavy atom. The number of aromatic nitrogens is 2. The summed E-state index contributed by atoms with van der Waals surface area (Å²) in [6.45, 7) is 2.97. The van der Waals surface area contributed by atoms with Crippen molar-refractivity contribution in [1.82, 2.24) is 9.97 Å². The number of ketones is 1. The minimum absolute atomic E-state index is 0.0126. The smallest absolute Gasteiger partial charge is 0.244 e. The number of aromatic hydroxyl groups is 1. The van der Waals surface area contributed by atoms with Crippen molar-refractivity contribution < 1.29 is 44.5 Å². The number of carbonyl (C=O) groups is 1. The highest BCUT2D eigenvalue weighted by Gasteiger charge is 2.45. The van der Waals surface area contributed by atoms with Gasteiger partial charge in [-0.3, -0.25) is 4.79 Å². The number of nitrogens with zero attached hydrogens (tertiary/aromatic N) is 2. The van der Waals surface area contributed by atoms with Crippen LogP contribution in [-0.4, -0.2) is 85.7 Å². The third-order valence-corrected chi connectivity index (χ3v) is 5.02. The summed E-state index contributed by atoms with van der Waals surface area (Å²) in [5.41, 5.74) is 0.328. The molecule has 1 aliphatic rings. The summed E-state index contributed by atoms with van der Waals surface area (Å²) in [6, 6.07) is 5.52. The molecule has 1 aromatic carbocycles. The van der Waals surface area contributed by atoms with Crippen LogP contribution in [0.15, 0.2) is 24.3 Å². The van der Waals surface area contributed by atoms with Crippen LogP contribution in [0.5, 0.6) is 17.5 Å². The van der Waals surface area contributed by atoms with E-state index in [-0.39, 0.29) is 34.7 Å². The molecule has 5 N–H and O–H groups in total. The molecule has 5 atom stereocenters. The molecule has 0 unspecified atom stereocenters.